The number of nitrogens with one attached hydrogen (secondary N) is 1. The van der Waals surface area contributed by atoms with Gasteiger partial charge in [-0.15, -0.1) is 0 Å². The molecule has 0 atom stereocenters. The van der Waals surface area contributed by atoms with Crippen LogP contribution >= 0.6 is 0 Å². The summed E-state index contributed by atoms with van der Waals surface area (Å²) < 4.78 is 48.0. The van der Waals surface area contributed by atoms with Crippen LogP contribution in [0.3, 0.4) is 0 Å². The molecule has 0 saturated carbocycles. The molecular weight excluding hydrogens is 323 g/mol. The highest BCUT2D eigenvalue weighted by Crippen LogP contribution is 2.30. The van der Waals surface area contributed by atoms with Gasteiger partial charge in [0, 0.05) is 5.69 Å². The fourth-order valence-electron chi connectivity index (χ4n) is 1.93. The number of halogens is 3. The molecule has 0 saturated heterocycles. The number of hydrogen-bond donors (Lipinski definition) is 1. The molecule has 0 fully saturated rings. The van der Waals surface area contributed by atoms with Crippen molar-refractivity contribution in [3.63, 3.8) is 0 Å². The smallest absolute Gasteiger partial charge is 0.416 e. The summed E-state index contributed by atoms with van der Waals surface area (Å²) in [5.41, 5.74) is 0.202. The van der Waals surface area contributed by atoms with Crippen LogP contribution in [-0.4, -0.2) is 19.3 Å². The van der Waals surface area contributed by atoms with Gasteiger partial charge in [-0.3, -0.25) is 5.32 Å². The topological polar surface area (TPSA) is 47.6 Å². The molecule has 1 amide bonds. The van der Waals surface area contributed by atoms with Crippen LogP contribution in [0.2, 0.25) is 0 Å². The molecule has 0 radical (unpaired) electrons. The third-order valence-electron chi connectivity index (χ3n) is 3.01. The molecule has 128 valence electrons. The molecule has 24 heavy (non-hydrogen) atoms. The maximum absolute atomic E-state index is 12.6. The van der Waals surface area contributed by atoms with Crippen LogP contribution in [0, 0.1) is 6.92 Å². The third-order valence-corrected chi connectivity index (χ3v) is 3.01. The molecule has 0 aliphatic heterocycles. The van der Waals surface area contributed by atoms with Crippen molar-refractivity contribution in [2.45, 2.75) is 13.1 Å². The quantitative estimate of drug-likeness (QED) is 0.807. The second kappa shape index (κ2) is 7.72. The van der Waals surface area contributed by atoms with Crippen LogP contribution in [0.15, 0.2) is 48.5 Å². The highest BCUT2D eigenvalue weighted by atomic mass is 19.4. The third kappa shape index (κ3) is 5.49. The number of aryl methyl sites for hydroxylation is 1. The molecule has 2 aromatic carbocycles. The molecule has 0 aromatic heterocycles. The van der Waals surface area contributed by atoms with E-state index in [1.807, 2.05) is 25.1 Å². The van der Waals surface area contributed by atoms with E-state index < -0.39 is 17.8 Å². The number of benzene rings is 2. The van der Waals surface area contributed by atoms with E-state index in [-0.39, 0.29) is 18.9 Å². The number of ether oxygens (including phenoxy) is 2. The first-order chi connectivity index (χ1) is 11.3. The Balaban J connectivity index is 1.77. The summed E-state index contributed by atoms with van der Waals surface area (Å²) in [6.07, 6.45) is -5.31. The van der Waals surface area contributed by atoms with Gasteiger partial charge in [0.25, 0.3) is 0 Å². The molecule has 0 aliphatic rings. The van der Waals surface area contributed by atoms with Crippen molar-refractivity contribution in [3.8, 4) is 5.75 Å². The summed E-state index contributed by atoms with van der Waals surface area (Å²) in [5, 5.41) is 2.25. The largest absolute Gasteiger partial charge is 0.490 e. The van der Waals surface area contributed by atoms with Crippen LogP contribution in [-0.2, 0) is 10.9 Å². The van der Waals surface area contributed by atoms with E-state index in [2.05, 4.69) is 5.32 Å². The zero-order valence-corrected chi connectivity index (χ0v) is 12.9. The second-order valence-corrected chi connectivity index (χ2v) is 5.00. The lowest BCUT2D eigenvalue weighted by atomic mass is 10.2. The molecule has 2 rings (SSSR count). The van der Waals surface area contributed by atoms with Crippen molar-refractivity contribution in [2.75, 3.05) is 18.5 Å². The Labute approximate surface area is 137 Å². The van der Waals surface area contributed by atoms with E-state index >= 15 is 0 Å². The predicted molar refractivity (Wildman–Crippen MR) is 83.1 cm³/mol. The Morgan fingerprint density at radius 2 is 1.83 bits per heavy atom. The zero-order valence-electron chi connectivity index (χ0n) is 12.9. The van der Waals surface area contributed by atoms with Crippen LogP contribution in [0.1, 0.15) is 11.1 Å². The van der Waals surface area contributed by atoms with E-state index in [1.165, 1.54) is 12.1 Å². The van der Waals surface area contributed by atoms with Crippen molar-refractivity contribution in [3.05, 3.63) is 59.7 Å². The summed E-state index contributed by atoms with van der Waals surface area (Å²) >= 11 is 0. The first kappa shape index (κ1) is 17.7. The van der Waals surface area contributed by atoms with Gasteiger partial charge in [0.2, 0.25) is 0 Å². The molecule has 7 heteroatoms. The number of carbonyl (C=O) groups excluding carboxylic acids is 1. The molecule has 4 nitrogen and oxygen atoms in total. The van der Waals surface area contributed by atoms with Gasteiger partial charge >= 0.3 is 12.3 Å². The maximum atomic E-state index is 12.6. The first-order valence-corrected chi connectivity index (χ1v) is 7.15. The van der Waals surface area contributed by atoms with Gasteiger partial charge in [-0.2, -0.15) is 13.2 Å². The molecule has 1 N–H and O–H groups in total. The predicted octanol–water partition coefficient (Wildman–Crippen LogP) is 4.64. The first-order valence-electron chi connectivity index (χ1n) is 7.15. The SMILES string of the molecule is Cc1cccc(OCCOC(=O)Nc2cccc(C(F)(F)F)c2)c1. The minimum absolute atomic E-state index is 0.00873. The minimum atomic E-state index is -4.47. The zero-order chi connectivity index (χ0) is 17.6. The lowest BCUT2D eigenvalue weighted by Crippen LogP contribution is -2.18. The van der Waals surface area contributed by atoms with Crippen molar-refractivity contribution in [2.24, 2.45) is 0 Å². The number of rotatable bonds is 5. The summed E-state index contributed by atoms with van der Waals surface area (Å²) in [6, 6.07) is 11.7. The van der Waals surface area contributed by atoms with Gasteiger partial charge < -0.3 is 9.47 Å². The molecule has 2 aromatic rings. The Hall–Kier alpha value is -2.70. The number of amides is 1. The Kier molecular flexibility index (Phi) is 5.68. The average Bonchev–Trinajstić information content (AvgIpc) is 2.51. The number of carbonyl (C=O) groups is 1. The fourth-order valence-corrected chi connectivity index (χ4v) is 1.93. The minimum Gasteiger partial charge on any atom is -0.490 e. The monoisotopic (exact) mass is 339 g/mol. The molecular formula is C17H16F3NO3. The second-order valence-electron chi connectivity index (χ2n) is 5.00. The van der Waals surface area contributed by atoms with Crippen molar-refractivity contribution in [1.82, 2.24) is 0 Å². The summed E-state index contributed by atoms with van der Waals surface area (Å²) in [5.74, 6) is 0.650. The molecule has 0 aliphatic carbocycles. The van der Waals surface area contributed by atoms with E-state index in [4.69, 9.17) is 9.47 Å². The number of anilines is 1. The standard InChI is InChI=1S/C17H16F3NO3/c1-12-4-2-7-15(10-12)23-8-9-24-16(22)21-14-6-3-5-13(11-14)17(18,19)20/h2-7,10-11H,8-9H2,1H3,(H,21,22). The van der Waals surface area contributed by atoms with Gasteiger partial charge in [0.15, 0.2) is 0 Å². The molecule has 0 heterocycles. The number of hydrogen-bond acceptors (Lipinski definition) is 3. The van der Waals surface area contributed by atoms with E-state index in [0.717, 1.165) is 17.7 Å². The van der Waals surface area contributed by atoms with E-state index in [9.17, 15) is 18.0 Å². The lowest BCUT2D eigenvalue weighted by Gasteiger charge is -2.11. The van der Waals surface area contributed by atoms with Crippen molar-refractivity contribution >= 4 is 11.8 Å². The Morgan fingerprint density at radius 1 is 1.08 bits per heavy atom. The Morgan fingerprint density at radius 3 is 2.54 bits per heavy atom. The normalized spacial score (nSPS) is 11.0. The van der Waals surface area contributed by atoms with Gasteiger partial charge in [0.05, 0.1) is 5.56 Å². The van der Waals surface area contributed by atoms with Crippen LogP contribution < -0.4 is 10.1 Å². The van der Waals surface area contributed by atoms with Gasteiger partial charge in [-0.1, -0.05) is 18.2 Å². The highest BCUT2D eigenvalue weighted by molar-refractivity contribution is 5.84. The highest BCUT2D eigenvalue weighted by Gasteiger charge is 2.30. The Bertz CT molecular complexity index is 701. The molecule has 0 spiro atoms. The van der Waals surface area contributed by atoms with Gasteiger partial charge in [-0.05, 0) is 42.8 Å². The summed E-state index contributed by atoms with van der Waals surface area (Å²) in [6.45, 7) is 2.03. The van der Waals surface area contributed by atoms with Gasteiger partial charge in [0.1, 0.15) is 19.0 Å². The van der Waals surface area contributed by atoms with Crippen LogP contribution in [0.25, 0.3) is 0 Å². The van der Waals surface area contributed by atoms with E-state index in [1.54, 1.807) is 6.07 Å². The van der Waals surface area contributed by atoms with Crippen molar-refractivity contribution in [1.29, 1.82) is 0 Å². The summed E-state index contributed by atoms with van der Waals surface area (Å²) in [7, 11) is 0. The van der Waals surface area contributed by atoms with Gasteiger partial charge in [-0.25, -0.2) is 4.79 Å². The fraction of sp³-hybridized carbons (Fsp3) is 0.235. The van der Waals surface area contributed by atoms with Crippen LogP contribution in [0.4, 0.5) is 23.7 Å². The lowest BCUT2D eigenvalue weighted by molar-refractivity contribution is -0.137. The van der Waals surface area contributed by atoms with Crippen LogP contribution in [0.5, 0.6) is 5.75 Å². The van der Waals surface area contributed by atoms with E-state index in [0.29, 0.717) is 5.75 Å². The molecule has 0 unspecified atom stereocenters. The van der Waals surface area contributed by atoms with Crippen molar-refractivity contribution < 1.29 is 27.4 Å². The average molecular weight is 339 g/mol. The summed E-state index contributed by atoms with van der Waals surface area (Å²) in [4.78, 5) is 11.6. The molecule has 0 bridgehead atoms. The maximum Gasteiger partial charge on any atom is 0.416 e. The number of alkyl halides is 3.